The number of furan rings is 1. The molecule has 136 valence electrons. The van der Waals surface area contributed by atoms with Crippen molar-refractivity contribution < 1.29 is 9.21 Å². The van der Waals surface area contributed by atoms with Gasteiger partial charge in [-0.2, -0.15) is 0 Å². The summed E-state index contributed by atoms with van der Waals surface area (Å²) in [6.07, 6.45) is 7.37. The highest BCUT2D eigenvalue weighted by Gasteiger charge is 2.51. The summed E-state index contributed by atoms with van der Waals surface area (Å²) in [6, 6.07) is 4.31. The van der Waals surface area contributed by atoms with Crippen molar-refractivity contribution in [2.45, 2.75) is 72.4 Å². The van der Waals surface area contributed by atoms with Crippen molar-refractivity contribution in [2.24, 2.45) is 10.8 Å². The molecular weight excluding hydrogens is 312 g/mol. The maximum atomic E-state index is 13.5. The summed E-state index contributed by atoms with van der Waals surface area (Å²) in [6.45, 7) is 11.0. The maximum Gasteiger partial charge on any atom is 0.270 e. The van der Waals surface area contributed by atoms with Gasteiger partial charge in [0.05, 0.1) is 11.8 Å². The summed E-state index contributed by atoms with van der Waals surface area (Å²) >= 11 is 0. The standard InChI is InChI=1S/C21H30N2O2/c1-5-6-8-22-16-7-9-25-18(16)10-17(22)19(24)23-14-21(4)12-15(23)11-20(2,3)13-21/h7,9-10,15H,5-6,8,11-14H2,1-4H3. The molecule has 4 nitrogen and oxygen atoms in total. The van der Waals surface area contributed by atoms with Crippen LogP contribution in [0.15, 0.2) is 22.8 Å². The van der Waals surface area contributed by atoms with Gasteiger partial charge in [0.1, 0.15) is 5.69 Å². The second-order valence-corrected chi connectivity index (χ2v) is 9.35. The lowest BCUT2D eigenvalue weighted by molar-refractivity contribution is 0.0697. The predicted molar refractivity (Wildman–Crippen MR) is 99.7 cm³/mol. The SMILES string of the molecule is CCCCn1c(C(=O)N2CC3(C)CC2CC(C)(C)C3)cc2occc21. The van der Waals surface area contributed by atoms with Crippen molar-refractivity contribution in [1.82, 2.24) is 9.47 Å². The molecule has 25 heavy (non-hydrogen) atoms. The lowest BCUT2D eigenvalue weighted by Gasteiger charge is -2.39. The van der Waals surface area contributed by atoms with E-state index in [1.807, 2.05) is 12.1 Å². The Labute approximate surface area is 150 Å². The average Bonchev–Trinajstić information content (AvgIpc) is 3.15. The Morgan fingerprint density at radius 2 is 2.12 bits per heavy atom. The average molecular weight is 342 g/mol. The molecule has 2 unspecified atom stereocenters. The lowest BCUT2D eigenvalue weighted by atomic mass is 9.65. The van der Waals surface area contributed by atoms with Crippen molar-refractivity contribution in [1.29, 1.82) is 0 Å². The molecule has 1 aliphatic heterocycles. The number of hydrogen-bond donors (Lipinski definition) is 0. The van der Waals surface area contributed by atoms with Gasteiger partial charge in [-0.25, -0.2) is 0 Å². The van der Waals surface area contributed by atoms with Crippen LogP contribution in [0, 0.1) is 10.8 Å². The van der Waals surface area contributed by atoms with Gasteiger partial charge in [-0.1, -0.05) is 34.1 Å². The Hall–Kier alpha value is -1.71. The second-order valence-electron chi connectivity index (χ2n) is 9.35. The third-order valence-electron chi connectivity index (χ3n) is 6.15. The summed E-state index contributed by atoms with van der Waals surface area (Å²) in [5.74, 6) is 0.189. The number of rotatable bonds is 4. The van der Waals surface area contributed by atoms with Gasteiger partial charge in [-0.3, -0.25) is 4.79 Å². The topological polar surface area (TPSA) is 38.4 Å². The summed E-state index contributed by atoms with van der Waals surface area (Å²) in [5, 5.41) is 0. The number of fused-ring (bicyclic) bond motifs is 3. The van der Waals surface area contributed by atoms with Gasteiger partial charge in [0.25, 0.3) is 5.91 Å². The van der Waals surface area contributed by atoms with E-state index in [0.29, 0.717) is 11.5 Å². The number of hydrogen-bond acceptors (Lipinski definition) is 2. The first-order valence-corrected chi connectivity index (χ1v) is 9.70. The minimum absolute atomic E-state index is 0.189. The van der Waals surface area contributed by atoms with E-state index in [1.54, 1.807) is 6.26 Å². The zero-order valence-electron chi connectivity index (χ0n) is 16.0. The number of nitrogens with zero attached hydrogens (tertiary/aromatic N) is 2. The molecular formula is C21H30N2O2. The molecule has 4 heteroatoms. The van der Waals surface area contributed by atoms with Crippen LogP contribution in [0.2, 0.25) is 0 Å². The minimum Gasteiger partial charge on any atom is -0.463 e. The summed E-state index contributed by atoms with van der Waals surface area (Å²) in [7, 11) is 0. The normalized spacial score (nSPS) is 28.0. The first kappa shape index (κ1) is 16.7. The zero-order chi connectivity index (χ0) is 17.8. The predicted octanol–water partition coefficient (Wildman–Crippen LogP) is 5.08. The van der Waals surface area contributed by atoms with Gasteiger partial charge in [0.2, 0.25) is 0 Å². The summed E-state index contributed by atoms with van der Waals surface area (Å²) in [4.78, 5) is 15.6. The first-order chi connectivity index (χ1) is 11.8. The number of likely N-dealkylation sites (tertiary alicyclic amines) is 1. The first-order valence-electron chi connectivity index (χ1n) is 9.70. The second kappa shape index (κ2) is 5.65. The smallest absolute Gasteiger partial charge is 0.270 e. The Morgan fingerprint density at radius 3 is 2.88 bits per heavy atom. The molecule has 2 atom stereocenters. The molecule has 0 radical (unpaired) electrons. The van der Waals surface area contributed by atoms with E-state index in [4.69, 9.17) is 4.42 Å². The molecule has 1 aliphatic carbocycles. The van der Waals surface area contributed by atoms with Gasteiger partial charge in [0, 0.05) is 31.3 Å². The van der Waals surface area contributed by atoms with Crippen LogP contribution in [-0.2, 0) is 6.54 Å². The van der Waals surface area contributed by atoms with E-state index in [-0.39, 0.29) is 11.3 Å². The third-order valence-corrected chi connectivity index (χ3v) is 6.15. The number of aryl methyl sites for hydroxylation is 1. The minimum atomic E-state index is 0.189. The van der Waals surface area contributed by atoms with Crippen molar-refractivity contribution in [2.75, 3.05) is 6.54 Å². The van der Waals surface area contributed by atoms with Crippen LogP contribution in [-0.4, -0.2) is 28.0 Å². The molecule has 3 heterocycles. The number of carbonyl (C=O) groups excluding carboxylic acids is 1. The van der Waals surface area contributed by atoms with Gasteiger partial charge >= 0.3 is 0 Å². The molecule has 1 amide bonds. The number of unbranched alkanes of at least 4 members (excludes halogenated alkanes) is 1. The van der Waals surface area contributed by atoms with Gasteiger partial charge in [-0.15, -0.1) is 0 Å². The van der Waals surface area contributed by atoms with Gasteiger partial charge < -0.3 is 13.9 Å². The van der Waals surface area contributed by atoms with Crippen LogP contribution in [0.4, 0.5) is 0 Å². The van der Waals surface area contributed by atoms with Crippen molar-refractivity contribution in [3.8, 4) is 0 Å². The Morgan fingerprint density at radius 1 is 1.32 bits per heavy atom. The molecule has 1 saturated carbocycles. The molecule has 0 spiro atoms. The van der Waals surface area contributed by atoms with Gasteiger partial charge in [0.15, 0.2) is 5.58 Å². The third kappa shape index (κ3) is 2.80. The number of amides is 1. The van der Waals surface area contributed by atoms with Gasteiger partial charge in [-0.05, 0) is 36.5 Å². The molecule has 2 aromatic rings. The highest BCUT2D eigenvalue weighted by molar-refractivity contribution is 5.98. The molecule has 2 aromatic heterocycles. The van der Waals surface area contributed by atoms with E-state index < -0.39 is 0 Å². The molecule has 1 saturated heterocycles. The quantitative estimate of drug-likeness (QED) is 0.777. The largest absolute Gasteiger partial charge is 0.463 e. The summed E-state index contributed by atoms with van der Waals surface area (Å²) < 4.78 is 7.75. The Balaban J connectivity index is 1.67. The number of carbonyl (C=O) groups is 1. The molecule has 0 aromatic carbocycles. The lowest BCUT2D eigenvalue weighted by Crippen LogP contribution is -2.38. The van der Waals surface area contributed by atoms with E-state index >= 15 is 0 Å². The summed E-state index contributed by atoms with van der Waals surface area (Å²) in [5.41, 5.74) is 3.27. The highest BCUT2D eigenvalue weighted by atomic mass is 16.3. The van der Waals surface area contributed by atoms with Crippen LogP contribution >= 0.6 is 0 Å². The molecule has 0 N–H and O–H groups in total. The fourth-order valence-corrected chi connectivity index (χ4v) is 5.56. The van der Waals surface area contributed by atoms with Crippen LogP contribution in [0.1, 0.15) is 70.3 Å². The van der Waals surface area contributed by atoms with Crippen molar-refractivity contribution >= 4 is 17.0 Å². The Kier molecular flexibility index (Phi) is 3.78. The molecule has 2 fully saturated rings. The van der Waals surface area contributed by atoms with E-state index in [2.05, 4.69) is 37.2 Å². The van der Waals surface area contributed by atoms with Crippen LogP contribution in [0.5, 0.6) is 0 Å². The van der Waals surface area contributed by atoms with Crippen molar-refractivity contribution in [3.05, 3.63) is 24.1 Å². The molecule has 2 aliphatic rings. The fraction of sp³-hybridized carbons (Fsp3) is 0.667. The Bertz CT molecular complexity index is 800. The molecule has 2 bridgehead atoms. The molecule has 4 rings (SSSR count). The van der Waals surface area contributed by atoms with E-state index in [9.17, 15) is 4.79 Å². The van der Waals surface area contributed by atoms with Crippen LogP contribution < -0.4 is 0 Å². The van der Waals surface area contributed by atoms with Crippen LogP contribution in [0.25, 0.3) is 11.1 Å². The van der Waals surface area contributed by atoms with Crippen LogP contribution in [0.3, 0.4) is 0 Å². The fourth-order valence-electron chi connectivity index (χ4n) is 5.56. The zero-order valence-corrected chi connectivity index (χ0v) is 16.0. The van der Waals surface area contributed by atoms with Crippen molar-refractivity contribution in [3.63, 3.8) is 0 Å². The highest BCUT2D eigenvalue weighted by Crippen LogP contribution is 2.52. The van der Waals surface area contributed by atoms with E-state index in [0.717, 1.165) is 55.6 Å². The monoisotopic (exact) mass is 342 g/mol. The number of aromatic nitrogens is 1. The maximum absolute atomic E-state index is 13.5. The van der Waals surface area contributed by atoms with E-state index in [1.165, 1.54) is 6.42 Å².